The van der Waals surface area contributed by atoms with Crippen molar-refractivity contribution in [1.82, 2.24) is 0 Å². The summed E-state index contributed by atoms with van der Waals surface area (Å²) in [6.45, 7) is 5.13. The number of rotatable bonds is 4. The molecule has 60 valence electrons. The molecule has 12 heavy (non-hydrogen) atoms. The van der Waals surface area contributed by atoms with Crippen LogP contribution in [0.2, 0.25) is 0 Å². The van der Waals surface area contributed by atoms with E-state index in [9.17, 15) is 14.4 Å². The van der Waals surface area contributed by atoms with Gasteiger partial charge in [0.15, 0.2) is 0 Å². The van der Waals surface area contributed by atoms with E-state index in [0.29, 0.717) is 6.42 Å². The number of phosphoric acid groups is 1. The normalized spacial score (nSPS) is 9.58. The maximum atomic E-state index is 9.83. The molecule has 0 aromatic rings. The van der Waals surface area contributed by atoms with Gasteiger partial charge in [-0.2, -0.15) is 0 Å². The molecule has 4 nitrogen and oxygen atoms in total. The Balaban J connectivity index is -0.000000405. The summed E-state index contributed by atoms with van der Waals surface area (Å²) in [4.78, 5) is 19.7. The van der Waals surface area contributed by atoms with E-state index in [1.807, 2.05) is 0 Å². The van der Waals surface area contributed by atoms with E-state index in [2.05, 4.69) is 11.1 Å². The third-order valence-corrected chi connectivity index (χ3v) is 1.28. The maximum Gasteiger partial charge on any atom is 1.00 e. The van der Waals surface area contributed by atoms with Gasteiger partial charge >= 0.3 is 37.7 Å². The first-order valence-corrected chi connectivity index (χ1v) is 4.19. The molecule has 0 heterocycles. The van der Waals surface area contributed by atoms with Crippen molar-refractivity contribution >= 4 is 7.82 Å². The van der Waals surface area contributed by atoms with Gasteiger partial charge in [0, 0.05) is 0 Å². The first kappa shape index (κ1) is 18.8. The summed E-state index contributed by atoms with van der Waals surface area (Å²) in [5.74, 6) is 0. The Kier molecular flexibility index (Phi) is 13.5. The van der Waals surface area contributed by atoms with Crippen molar-refractivity contribution in [3.8, 4) is 0 Å². The number of hydrogen-bond acceptors (Lipinski definition) is 4. The van der Waals surface area contributed by atoms with Gasteiger partial charge in [-0.15, -0.1) is 6.58 Å². The molecule has 0 aliphatic carbocycles. The third kappa shape index (κ3) is 17.2. The van der Waals surface area contributed by atoms with Crippen molar-refractivity contribution in [1.29, 1.82) is 0 Å². The summed E-state index contributed by atoms with van der Waals surface area (Å²) in [5, 5.41) is 0. The Hall–Kier alpha value is 1.04. The fourth-order valence-corrected chi connectivity index (χ4v) is 0.647. The molecular formula is C5H9Li2O4P. The van der Waals surface area contributed by atoms with E-state index in [0.717, 1.165) is 5.57 Å². The van der Waals surface area contributed by atoms with Crippen LogP contribution in [-0.4, -0.2) is 6.61 Å². The van der Waals surface area contributed by atoms with Gasteiger partial charge in [0.25, 0.3) is 0 Å². The van der Waals surface area contributed by atoms with Crippen molar-refractivity contribution in [3.63, 3.8) is 0 Å². The maximum absolute atomic E-state index is 9.83. The van der Waals surface area contributed by atoms with Crippen molar-refractivity contribution < 1.29 is 56.6 Å². The zero-order valence-corrected chi connectivity index (χ0v) is 8.60. The van der Waals surface area contributed by atoms with Crippen LogP contribution < -0.4 is 47.5 Å². The summed E-state index contributed by atoms with van der Waals surface area (Å²) < 4.78 is 13.8. The van der Waals surface area contributed by atoms with E-state index in [-0.39, 0.29) is 44.3 Å². The molecule has 0 aliphatic heterocycles. The quantitative estimate of drug-likeness (QED) is 0.244. The zero-order chi connectivity index (χ0) is 8.20. The monoisotopic (exact) mass is 178 g/mol. The Bertz CT molecular complexity index is 167. The molecule has 0 N–H and O–H groups in total. The van der Waals surface area contributed by atoms with Crippen molar-refractivity contribution in [3.05, 3.63) is 12.2 Å². The molecule has 0 fully saturated rings. The van der Waals surface area contributed by atoms with Crippen LogP contribution in [0.1, 0.15) is 13.3 Å². The molecule has 0 rings (SSSR count). The molecule has 0 amide bonds. The SMILES string of the molecule is C=C(C)CCOP(=O)([O-])[O-].[Li+].[Li+]. The minimum absolute atomic E-state index is 0. The second-order valence-electron chi connectivity index (χ2n) is 1.99. The smallest absolute Gasteiger partial charge is 0.790 e. The molecule has 7 heteroatoms. The molecule has 0 atom stereocenters. The summed E-state index contributed by atoms with van der Waals surface area (Å²) >= 11 is 0. The zero-order valence-electron chi connectivity index (χ0n) is 7.70. The summed E-state index contributed by atoms with van der Waals surface area (Å²) in [7, 11) is -4.76. The Morgan fingerprint density at radius 1 is 1.50 bits per heavy atom. The molecule has 0 radical (unpaired) electrons. The van der Waals surface area contributed by atoms with Gasteiger partial charge in [-0.1, -0.05) is 5.57 Å². The Morgan fingerprint density at radius 2 is 1.92 bits per heavy atom. The summed E-state index contributed by atoms with van der Waals surface area (Å²) in [6.07, 6.45) is 0.397. The Morgan fingerprint density at radius 3 is 2.17 bits per heavy atom. The summed E-state index contributed by atoms with van der Waals surface area (Å²) in [5.41, 5.74) is 0.786. The molecule has 0 bridgehead atoms. The van der Waals surface area contributed by atoms with Crippen LogP contribution in [0.25, 0.3) is 0 Å². The van der Waals surface area contributed by atoms with Crippen molar-refractivity contribution in [2.75, 3.05) is 6.61 Å². The fraction of sp³-hybridized carbons (Fsp3) is 0.600. The Labute approximate surface area is 96.4 Å². The van der Waals surface area contributed by atoms with Crippen LogP contribution in [0.4, 0.5) is 0 Å². The van der Waals surface area contributed by atoms with Crippen LogP contribution in [0.3, 0.4) is 0 Å². The second kappa shape index (κ2) is 8.63. The van der Waals surface area contributed by atoms with Crippen LogP contribution in [0.15, 0.2) is 12.2 Å². The van der Waals surface area contributed by atoms with E-state index in [4.69, 9.17) is 0 Å². The first-order valence-electron chi connectivity index (χ1n) is 2.73. The molecule has 0 aliphatic rings. The van der Waals surface area contributed by atoms with Crippen molar-refractivity contribution in [2.24, 2.45) is 0 Å². The first-order chi connectivity index (χ1) is 4.42. The topological polar surface area (TPSA) is 72.4 Å². The second-order valence-corrected chi connectivity index (χ2v) is 3.14. The molecular weight excluding hydrogens is 169 g/mol. The summed E-state index contributed by atoms with van der Waals surface area (Å²) in [6, 6.07) is 0. The van der Waals surface area contributed by atoms with Crippen LogP contribution in [0, 0.1) is 0 Å². The van der Waals surface area contributed by atoms with Gasteiger partial charge in [-0.05, 0) is 13.3 Å². The van der Waals surface area contributed by atoms with E-state index >= 15 is 0 Å². The molecule has 0 aromatic carbocycles. The number of hydrogen-bond donors (Lipinski definition) is 0. The largest absolute Gasteiger partial charge is 1.00 e. The van der Waals surface area contributed by atoms with E-state index in [1.165, 1.54) is 0 Å². The predicted octanol–water partition coefficient (Wildman–Crippen LogP) is -6.19. The third-order valence-electron chi connectivity index (χ3n) is 0.778. The average Bonchev–Trinajstić information content (AvgIpc) is 1.59. The van der Waals surface area contributed by atoms with Gasteiger partial charge < -0.3 is 18.9 Å². The van der Waals surface area contributed by atoms with E-state index < -0.39 is 7.82 Å². The molecule has 0 aromatic heterocycles. The molecule has 0 saturated heterocycles. The van der Waals surface area contributed by atoms with Crippen LogP contribution in [-0.2, 0) is 9.09 Å². The molecule has 0 saturated carbocycles. The van der Waals surface area contributed by atoms with Crippen molar-refractivity contribution in [2.45, 2.75) is 13.3 Å². The minimum atomic E-state index is -4.76. The van der Waals surface area contributed by atoms with Gasteiger partial charge in [0.2, 0.25) is 0 Å². The van der Waals surface area contributed by atoms with Gasteiger partial charge in [-0.3, -0.25) is 0 Å². The minimum Gasteiger partial charge on any atom is -0.790 e. The van der Waals surface area contributed by atoms with Gasteiger partial charge in [0.1, 0.15) is 0 Å². The molecule has 0 spiro atoms. The number of phosphoric ester groups is 1. The molecule has 0 unspecified atom stereocenters. The van der Waals surface area contributed by atoms with Gasteiger partial charge in [0.05, 0.1) is 14.4 Å². The fourth-order valence-electron chi connectivity index (χ4n) is 0.332. The standard InChI is InChI=1S/C5H11O4P.2Li/c1-5(2)3-4-9-10(6,7)8;;/h1,3-4H2,2H3,(H2,6,7,8);;/q;2*+1/p-2. The van der Waals surface area contributed by atoms with E-state index in [1.54, 1.807) is 6.92 Å². The van der Waals surface area contributed by atoms with Crippen LogP contribution >= 0.6 is 7.82 Å². The van der Waals surface area contributed by atoms with Gasteiger partial charge in [-0.25, -0.2) is 0 Å². The average molecular weight is 178 g/mol. The van der Waals surface area contributed by atoms with Crippen LogP contribution in [0.5, 0.6) is 0 Å². The predicted molar refractivity (Wildman–Crippen MR) is 33.0 cm³/mol.